The molecular weight excluding hydrogens is 216 g/mol. The first-order valence-corrected chi connectivity index (χ1v) is 5.19. The molecule has 1 aromatic carbocycles. The number of hydrogen-bond acceptors (Lipinski definition) is 4. The molecule has 0 fully saturated rings. The van der Waals surface area contributed by atoms with Gasteiger partial charge in [-0.2, -0.15) is 0 Å². The fourth-order valence-electron chi connectivity index (χ4n) is 1.67. The lowest BCUT2D eigenvalue weighted by molar-refractivity contribution is 0.398. The Morgan fingerprint density at radius 1 is 1.06 bits per heavy atom. The summed E-state index contributed by atoms with van der Waals surface area (Å²) in [6.07, 6.45) is 1.73. The summed E-state index contributed by atoms with van der Waals surface area (Å²) >= 11 is 0. The van der Waals surface area contributed by atoms with Crippen LogP contribution in [0.15, 0.2) is 36.5 Å². The lowest BCUT2D eigenvalue weighted by Crippen LogP contribution is -1.95. The molecule has 2 N–H and O–H groups in total. The minimum absolute atomic E-state index is 0.580. The van der Waals surface area contributed by atoms with E-state index in [0.29, 0.717) is 17.3 Å². The van der Waals surface area contributed by atoms with Gasteiger partial charge < -0.3 is 15.2 Å². The van der Waals surface area contributed by atoms with E-state index < -0.39 is 0 Å². The molecule has 17 heavy (non-hydrogen) atoms. The standard InChI is InChI=1S/C13H14N2O2/c1-16-12-7-6-9(8-15-12)10-4-3-5-11(14)13(10)17-2/h3-8H,14H2,1-2H3. The van der Waals surface area contributed by atoms with Gasteiger partial charge in [-0.25, -0.2) is 4.98 Å². The first kappa shape index (κ1) is 11.3. The Kier molecular flexibility index (Phi) is 3.14. The Hall–Kier alpha value is -2.23. The number of ether oxygens (including phenoxy) is 2. The van der Waals surface area contributed by atoms with Crippen molar-refractivity contribution in [1.82, 2.24) is 4.98 Å². The van der Waals surface area contributed by atoms with Crippen molar-refractivity contribution in [1.29, 1.82) is 0 Å². The highest BCUT2D eigenvalue weighted by atomic mass is 16.5. The minimum atomic E-state index is 0.580. The van der Waals surface area contributed by atoms with Crippen molar-refractivity contribution in [3.8, 4) is 22.8 Å². The maximum Gasteiger partial charge on any atom is 0.212 e. The topological polar surface area (TPSA) is 57.4 Å². The molecule has 0 aliphatic rings. The van der Waals surface area contributed by atoms with Crippen LogP contribution in [-0.2, 0) is 0 Å². The van der Waals surface area contributed by atoms with Gasteiger partial charge in [0.15, 0.2) is 0 Å². The molecule has 1 heterocycles. The molecule has 0 atom stereocenters. The molecule has 0 aliphatic heterocycles. The predicted molar refractivity (Wildman–Crippen MR) is 67.2 cm³/mol. The number of nitrogen functional groups attached to an aromatic ring is 1. The summed E-state index contributed by atoms with van der Waals surface area (Å²) < 4.78 is 10.3. The molecular formula is C13H14N2O2. The van der Waals surface area contributed by atoms with E-state index in [1.54, 1.807) is 32.5 Å². The van der Waals surface area contributed by atoms with Gasteiger partial charge in [0.2, 0.25) is 5.88 Å². The van der Waals surface area contributed by atoms with Crippen LogP contribution in [0.5, 0.6) is 11.6 Å². The Labute approximate surface area is 100 Å². The van der Waals surface area contributed by atoms with Crippen LogP contribution >= 0.6 is 0 Å². The van der Waals surface area contributed by atoms with Gasteiger partial charge >= 0.3 is 0 Å². The van der Waals surface area contributed by atoms with E-state index in [0.717, 1.165) is 11.1 Å². The number of pyridine rings is 1. The van der Waals surface area contributed by atoms with Gasteiger partial charge in [0.25, 0.3) is 0 Å². The molecule has 0 unspecified atom stereocenters. The van der Waals surface area contributed by atoms with Crippen LogP contribution in [-0.4, -0.2) is 19.2 Å². The van der Waals surface area contributed by atoms with Gasteiger partial charge in [0.1, 0.15) is 5.75 Å². The molecule has 2 rings (SSSR count). The van der Waals surface area contributed by atoms with E-state index in [2.05, 4.69) is 4.98 Å². The van der Waals surface area contributed by atoms with E-state index in [4.69, 9.17) is 15.2 Å². The smallest absolute Gasteiger partial charge is 0.212 e. The number of para-hydroxylation sites is 1. The van der Waals surface area contributed by atoms with E-state index in [-0.39, 0.29) is 0 Å². The largest absolute Gasteiger partial charge is 0.494 e. The molecule has 0 spiro atoms. The van der Waals surface area contributed by atoms with E-state index in [1.807, 2.05) is 18.2 Å². The second-order valence-corrected chi connectivity index (χ2v) is 3.52. The van der Waals surface area contributed by atoms with E-state index >= 15 is 0 Å². The van der Waals surface area contributed by atoms with Gasteiger partial charge in [-0.3, -0.25) is 0 Å². The third kappa shape index (κ3) is 2.15. The van der Waals surface area contributed by atoms with Gasteiger partial charge in [-0.15, -0.1) is 0 Å². The monoisotopic (exact) mass is 230 g/mol. The lowest BCUT2D eigenvalue weighted by atomic mass is 10.1. The number of aromatic nitrogens is 1. The molecule has 1 aromatic heterocycles. The quantitative estimate of drug-likeness (QED) is 0.822. The van der Waals surface area contributed by atoms with Crippen molar-refractivity contribution in [2.45, 2.75) is 0 Å². The number of hydrogen-bond donors (Lipinski definition) is 1. The van der Waals surface area contributed by atoms with E-state index in [9.17, 15) is 0 Å². The number of nitrogens with two attached hydrogens (primary N) is 1. The summed E-state index contributed by atoms with van der Waals surface area (Å²) in [5.41, 5.74) is 8.33. The Morgan fingerprint density at radius 2 is 1.88 bits per heavy atom. The van der Waals surface area contributed by atoms with Gasteiger partial charge in [0, 0.05) is 23.4 Å². The molecule has 88 valence electrons. The van der Waals surface area contributed by atoms with Crippen LogP contribution in [0.2, 0.25) is 0 Å². The molecule has 0 radical (unpaired) electrons. The van der Waals surface area contributed by atoms with Crippen LogP contribution in [0.25, 0.3) is 11.1 Å². The van der Waals surface area contributed by atoms with Crippen molar-refractivity contribution >= 4 is 5.69 Å². The molecule has 0 bridgehead atoms. The zero-order valence-corrected chi connectivity index (χ0v) is 9.81. The van der Waals surface area contributed by atoms with Crippen molar-refractivity contribution in [3.05, 3.63) is 36.5 Å². The zero-order chi connectivity index (χ0) is 12.3. The Balaban J connectivity index is 2.48. The number of benzene rings is 1. The fraction of sp³-hybridized carbons (Fsp3) is 0.154. The van der Waals surface area contributed by atoms with Crippen LogP contribution in [0.3, 0.4) is 0 Å². The Bertz CT molecular complexity index is 509. The van der Waals surface area contributed by atoms with Crippen LogP contribution in [0, 0.1) is 0 Å². The molecule has 2 aromatic rings. The van der Waals surface area contributed by atoms with Crippen molar-refractivity contribution in [3.63, 3.8) is 0 Å². The third-order valence-electron chi connectivity index (χ3n) is 2.51. The maximum atomic E-state index is 5.86. The van der Waals surface area contributed by atoms with Crippen molar-refractivity contribution in [2.24, 2.45) is 0 Å². The second-order valence-electron chi connectivity index (χ2n) is 3.52. The molecule has 0 saturated carbocycles. The highest BCUT2D eigenvalue weighted by Gasteiger charge is 2.08. The zero-order valence-electron chi connectivity index (χ0n) is 9.81. The third-order valence-corrected chi connectivity index (χ3v) is 2.51. The normalized spacial score (nSPS) is 10.0. The summed E-state index contributed by atoms with van der Waals surface area (Å²) in [6.45, 7) is 0. The van der Waals surface area contributed by atoms with Crippen LogP contribution in [0.1, 0.15) is 0 Å². The molecule has 4 heteroatoms. The van der Waals surface area contributed by atoms with E-state index in [1.165, 1.54) is 0 Å². The number of anilines is 1. The molecule has 0 aliphatic carbocycles. The van der Waals surface area contributed by atoms with Crippen LogP contribution < -0.4 is 15.2 Å². The maximum absolute atomic E-state index is 5.86. The number of methoxy groups -OCH3 is 2. The average Bonchev–Trinajstić information content (AvgIpc) is 2.38. The first-order valence-electron chi connectivity index (χ1n) is 5.19. The van der Waals surface area contributed by atoms with Crippen LogP contribution in [0.4, 0.5) is 5.69 Å². The average molecular weight is 230 g/mol. The number of nitrogens with zero attached hydrogens (tertiary/aromatic N) is 1. The van der Waals surface area contributed by atoms with Gasteiger partial charge in [0.05, 0.1) is 19.9 Å². The summed E-state index contributed by atoms with van der Waals surface area (Å²) in [7, 11) is 3.19. The fourth-order valence-corrected chi connectivity index (χ4v) is 1.67. The highest BCUT2D eigenvalue weighted by molar-refractivity contribution is 5.76. The van der Waals surface area contributed by atoms with Crippen molar-refractivity contribution in [2.75, 3.05) is 20.0 Å². The van der Waals surface area contributed by atoms with Gasteiger partial charge in [-0.1, -0.05) is 12.1 Å². The first-order chi connectivity index (χ1) is 8.26. The van der Waals surface area contributed by atoms with Crippen molar-refractivity contribution < 1.29 is 9.47 Å². The summed E-state index contributed by atoms with van der Waals surface area (Å²) in [4.78, 5) is 4.16. The lowest BCUT2D eigenvalue weighted by Gasteiger charge is -2.10. The second kappa shape index (κ2) is 4.74. The Morgan fingerprint density at radius 3 is 2.47 bits per heavy atom. The molecule has 4 nitrogen and oxygen atoms in total. The molecule has 0 saturated heterocycles. The SMILES string of the molecule is COc1ccc(-c2cccc(N)c2OC)cn1. The summed E-state index contributed by atoms with van der Waals surface area (Å²) in [5, 5.41) is 0. The highest BCUT2D eigenvalue weighted by Crippen LogP contribution is 2.34. The summed E-state index contributed by atoms with van der Waals surface area (Å²) in [6, 6.07) is 9.36. The molecule has 0 amide bonds. The van der Waals surface area contributed by atoms with Gasteiger partial charge in [-0.05, 0) is 12.1 Å². The number of rotatable bonds is 3. The minimum Gasteiger partial charge on any atom is -0.494 e. The predicted octanol–water partition coefficient (Wildman–Crippen LogP) is 2.35. The summed E-state index contributed by atoms with van der Waals surface area (Å²) in [5.74, 6) is 1.25.